The molecule has 0 amide bonds. The molecule has 0 radical (unpaired) electrons. The Bertz CT molecular complexity index is 420. The van der Waals surface area contributed by atoms with Gasteiger partial charge >= 0.3 is 0 Å². The number of hydrogen-bond acceptors (Lipinski definition) is 4. The average Bonchev–Trinajstić information content (AvgIpc) is 2.38. The molecule has 4 N–H and O–H groups in total. The standard InChI is InChI=1S/C11H16N4O2/c1-2-13-11(15-12)14-8-3-4-9-10(7-8)17-6-5-16-9/h3-4,7H,2,5-6,12H2,1H3,(H2,13,14,15). The lowest BCUT2D eigenvalue weighted by Crippen LogP contribution is -2.36. The zero-order chi connectivity index (χ0) is 12.1. The van der Waals surface area contributed by atoms with Crippen LogP contribution in [-0.2, 0) is 0 Å². The van der Waals surface area contributed by atoms with E-state index in [1.165, 1.54) is 0 Å². The van der Waals surface area contributed by atoms with E-state index >= 15 is 0 Å². The van der Waals surface area contributed by atoms with E-state index in [1.807, 2.05) is 25.1 Å². The van der Waals surface area contributed by atoms with Crippen LogP contribution in [0.3, 0.4) is 0 Å². The van der Waals surface area contributed by atoms with Gasteiger partial charge in [0.15, 0.2) is 11.5 Å². The van der Waals surface area contributed by atoms with Gasteiger partial charge in [0.1, 0.15) is 13.2 Å². The third-order valence-corrected chi connectivity index (χ3v) is 2.26. The van der Waals surface area contributed by atoms with Crippen LogP contribution in [0.5, 0.6) is 11.5 Å². The van der Waals surface area contributed by atoms with Crippen molar-refractivity contribution >= 4 is 11.6 Å². The highest BCUT2D eigenvalue weighted by Crippen LogP contribution is 2.32. The molecule has 0 spiro atoms. The largest absolute Gasteiger partial charge is 0.486 e. The fraction of sp³-hybridized carbons (Fsp3) is 0.364. The molecule has 6 heteroatoms. The monoisotopic (exact) mass is 236 g/mol. The summed E-state index contributed by atoms with van der Waals surface area (Å²) in [6.07, 6.45) is 0. The van der Waals surface area contributed by atoms with Gasteiger partial charge < -0.3 is 14.8 Å². The lowest BCUT2D eigenvalue weighted by molar-refractivity contribution is 0.171. The number of hydrazine groups is 1. The number of hydrogen-bond donors (Lipinski definition) is 3. The summed E-state index contributed by atoms with van der Waals surface area (Å²) in [4.78, 5) is 4.15. The lowest BCUT2D eigenvalue weighted by atomic mass is 10.2. The summed E-state index contributed by atoms with van der Waals surface area (Å²) in [5, 5.41) is 3.06. The smallest absolute Gasteiger partial charge is 0.210 e. The molecule has 1 aliphatic heterocycles. The van der Waals surface area contributed by atoms with Gasteiger partial charge in [0.25, 0.3) is 0 Å². The van der Waals surface area contributed by atoms with Gasteiger partial charge in [-0.25, -0.2) is 5.84 Å². The zero-order valence-corrected chi connectivity index (χ0v) is 9.69. The van der Waals surface area contributed by atoms with Crippen molar-refractivity contribution in [3.05, 3.63) is 18.2 Å². The van der Waals surface area contributed by atoms with Crippen LogP contribution >= 0.6 is 0 Å². The summed E-state index contributed by atoms with van der Waals surface area (Å²) in [6.45, 7) is 3.74. The van der Waals surface area contributed by atoms with Crippen LogP contribution in [0.1, 0.15) is 6.92 Å². The van der Waals surface area contributed by atoms with Crippen LogP contribution in [0, 0.1) is 0 Å². The molecule has 1 aliphatic rings. The Morgan fingerprint density at radius 2 is 2.12 bits per heavy atom. The first-order valence-corrected chi connectivity index (χ1v) is 5.51. The Labute approximate surface area is 99.8 Å². The summed E-state index contributed by atoms with van der Waals surface area (Å²) in [7, 11) is 0. The summed E-state index contributed by atoms with van der Waals surface area (Å²) in [5.41, 5.74) is 3.35. The van der Waals surface area contributed by atoms with Crippen molar-refractivity contribution < 1.29 is 9.47 Å². The second kappa shape index (κ2) is 5.40. The van der Waals surface area contributed by atoms with E-state index in [-0.39, 0.29) is 0 Å². The number of anilines is 1. The Morgan fingerprint density at radius 1 is 1.35 bits per heavy atom. The van der Waals surface area contributed by atoms with Crippen LogP contribution in [0.15, 0.2) is 23.2 Å². The van der Waals surface area contributed by atoms with Crippen molar-refractivity contribution in [2.24, 2.45) is 10.8 Å². The number of rotatable bonds is 2. The average molecular weight is 236 g/mol. The maximum atomic E-state index is 5.48. The van der Waals surface area contributed by atoms with E-state index < -0.39 is 0 Å². The quantitative estimate of drug-likeness (QED) is 0.305. The second-order valence-electron chi connectivity index (χ2n) is 3.45. The summed E-state index contributed by atoms with van der Waals surface area (Å²) >= 11 is 0. The van der Waals surface area contributed by atoms with Crippen molar-refractivity contribution in [2.75, 3.05) is 25.1 Å². The molecule has 0 fully saturated rings. The van der Waals surface area contributed by atoms with Crippen molar-refractivity contribution in [1.29, 1.82) is 0 Å². The molecule has 0 aliphatic carbocycles. The molecule has 2 rings (SSSR count). The molecule has 0 atom stereocenters. The number of aliphatic imine (C=N–C) groups is 1. The van der Waals surface area contributed by atoms with E-state index in [2.05, 4.69) is 15.7 Å². The van der Waals surface area contributed by atoms with E-state index in [1.54, 1.807) is 0 Å². The van der Waals surface area contributed by atoms with Gasteiger partial charge in [-0.2, -0.15) is 0 Å². The Hall–Kier alpha value is -1.95. The molecule has 0 saturated heterocycles. The molecule has 1 aromatic carbocycles. The molecule has 1 aromatic rings. The molecule has 0 bridgehead atoms. The number of ether oxygens (including phenoxy) is 2. The fourth-order valence-electron chi connectivity index (χ4n) is 1.54. The predicted octanol–water partition coefficient (Wildman–Crippen LogP) is 0.709. The highest BCUT2D eigenvalue weighted by atomic mass is 16.6. The number of guanidine groups is 1. The summed E-state index contributed by atoms with van der Waals surface area (Å²) < 4.78 is 10.9. The van der Waals surface area contributed by atoms with Crippen LogP contribution in [0.2, 0.25) is 0 Å². The number of nitrogens with zero attached hydrogens (tertiary/aromatic N) is 1. The van der Waals surface area contributed by atoms with Gasteiger partial charge in [-0.1, -0.05) is 0 Å². The number of nitrogens with two attached hydrogens (primary N) is 1. The van der Waals surface area contributed by atoms with Crippen molar-refractivity contribution in [3.8, 4) is 11.5 Å². The van der Waals surface area contributed by atoms with Gasteiger partial charge in [0.2, 0.25) is 5.96 Å². The molecule has 1 heterocycles. The van der Waals surface area contributed by atoms with E-state index in [0.29, 0.717) is 25.7 Å². The highest BCUT2D eigenvalue weighted by Gasteiger charge is 2.11. The van der Waals surface area contributed by atoms with Crippen LogP contribution < -0.4 is 26.1 Å². The SMILES string of the molecule is CCN=C(NN)Nc1ccc2c(c1)OCCO2. The van der Waals surface area contributed by atoms with Gasteiger partial charge in [-0.3, -0.25) is 10.4 Å². The number of nitrogens with one attached hydrogen (secondary N) is 2. The topological polar surface area (TPSA) is 80.9 Å². The fourth-order valence-corrected chi connectivity index (χ4v) is 1.54. The van der Waals surface area contributed by atoms with E-state index in [9.17, 15) is 0 Å². The molecule has 17 heavy (non-hydrogen) atoms. The first kappa shape index (κ1) is 11.5. The van der Waals surface area contributed by atoms with Crippen molar-refractivity contribution in [2.45, 2.75) is 6.92 Å². The summed E-state index contributed by atoms with van der Waals surface area (Å²) in [5.74, 6) is 7.35. The molecular weight excluding hydrogens is 220 g/mol. The van der Waals surface area contributed by atoms with E-state index in [0.717, 1.165) is 17.2 Å². The molecule has 0 aromatic heterocycles. The molecule has 0 unspecified atom stereocenters. The molecule has 6 nitrogen and oxygen atoms in total. The third-order valence-electron chi connectivity index (χ3n) is 2.26. The van der Waals surface area contributed by atoms with Crippen LogP contribution in [-0.4, -0.2) is 25.7 Å². The maximum absolute atomic E-state index is 5.48. The summed E-state index contributed by atoms with van der Waals surface area (Å²) in [6, 6.07) is 5.60. The molecule has 0 saturated carbocycles. The van der Waals surface area contributed by atoms with Gasteiger partial charge in [0, 0.05) is 18.3 Å². The van der Waals surface area contributed by atoms with Gasteiger partial charge in [-0.15, -0.1) is 0 Å². The number of fused-ring (bicyclic) bond motifs is 1. The maximum Gasteiger partial charge on any atom is 0.210 e. The molecular formula is C11H16N4O2. The Balaban J connectivity index is 2.14. The Kier molecular flexibility index (Phi) is 3.66. The zero-order valence-electron chi connectivity index (χ0n) is 9.69. The van der Waals surface area contributed by atoms with Crippen molar-refractivity contribution in [3.63, 3.8) is 0 Å². The predicted molar refractivity (Wildman–Crippen MR) is 66.4 cm³/mol. The first-order valence-electron chi connectivity index (χ1n) is 5.51. The number of benzene rings is 1. The lowest BCUT2D eigenvalue weighted by Gasteiger charge is -2.19. The highest BCUT2D eigenvalue weighted by molar-refractivity contribution is 5.93. The van der Waals surface area contributed by atoms with Gasteiger partial charge in [-0.05, 0) is 19.1 Å². The minimum Gasteiger partial charge on any atom is -0.486 e. The van der Waals surface area contributed by atoms with E-state index in [4.69, 9.17) is 15.3 Å². The minimum atomic E-state index is 0.518. The minimum absolute atomic E-state index is 0.518. The van der Waals surface area contributed by atoms with Crippen LogP contribution in [0.4, 0.5) is 5.69 Å². The third kappa shape index (κ3) is 2.79. The first-order chi connectivity index (χ1) is 8.33. The Morgan fingerprint density at radius 3 is 2.82 bits per heavy atom. The molecule has 92 valence electrons. The second-order valence-corrected chi connectivity index (χ2v) is 3.45. The van der Waals surface area contributed by atoms with Crippen LogP contribution in [0.25, 0.3) is 0 Å². The van der Waals surface area contributed by atoms with Crippen molar-refractivity contribution in [1.82, 2.24) is 5.43 Å². The van der Waals surface area contributed by atoms with Gasteiger partial charge in [0.05, 0.1) is 0 Å². The normalized spacial score (nSPS) is 14.4.